The van der Waals surface area contributed by atoms with Crippen molar-refractivity contribution in [2.45, 2.75) is 12.8 Å². The van der Waals surface area contributed by atoms with Gasteiger partial charge in [0.2, 0.25) is 0 Å². The van der Waals surface area contributed by atoms with Gasteiger partial charge in [-0.2, -0.15) is 0 Å². The lowest BCUT2D eigenvalue weighted by Crippen LogP contribution is -2.39. The molecule has 1 rings (SSSR count). The number of aliphatic imine (C=N–C) groups is 1. The van der Waals surface area contributed by atoms with E-state index in [1.165, 1.54) is 5.56 Å². The van der Waals surface area contributed by atoms with Gasteiger partial charge >= 0.3 is 0 Å². The molecule has 1 aromatic rings. The molecule has 4 nitrogen and oxygen atoms in total. The molecular formula is C15H26ClIN4. The molecule has 0 aliphatic carbocycles. The monoisotopic (exact) mass is 424 g/mol. The van der Waals surface area contributed by atoms with Gasteiger partial charge in [0.1, 0.15) is 0 Å². The second kappa shape index (κ2) is 12.1. The number of hydrogen-bond acceptors (Lipinski definition) is 2. The van der Waals surface area contributed by atoms with E-state index in [2.05, 4.69) is 40.7 Å². The molecule has 120 valence electrons. The predicted octanol–water partition coefficient (Wildman–Crippen LogP) is 2.62. The Morgan fingerprint density at radius 2 is 1.95 bits per heavy atom. The maximum absolute atomic E-state index is 5.96. The van der Waals surface area contributed by atoms with Crippen LogP contribution in [0.15, 0.2) is 29.3 Å². The zero-order valence-corrected chi connectivity index (χ0v) is 16.1. The molecule has 2 N–H and O–H groups in total. The number of guanidine groups is 1. The van der Waals surface area contributed by atoms with Crippen molar-refractivity contribution < 1.29 is 0 Å². The highest BCUT2D eigenvalue weighted by Crippen LogP contribution is 2.10. The van der Waals surface area contributed by atoms with Crippen LogP contribution in [0.2, 0.25) is 5.02 Å². The van der Waals surface area contributed by atoms with Crippen LogP contribution in [-0.4, -0.2) is 51.6 Å². The third kappa shape index (κ3) is 9.92. The smallest absolute Gasteiger partial charge is 0.190 e. The Morgan fingerprint density at radius 1 is 1.24 bits per heavy atom. The van der Waals surface area contributed by atoms with Gasteiger partial charge in [0.05, 0.1) is 0 Å². The number of hydrogen-bond donors (Lipinski definition) is 2. The number of rotatable bonds is 7. The molecule has 0 heterocycles. The number of nitrogens with one attached hydrogen (secondary N) is 2. The molecule has 1 aromatic carbocycles. The summed E-state index contributed by atoms with van der Waals surface area (Å²) in [5.41, 5.74) is 1.23. The number of nitrogens with zero attached hydrogens (tertiary/aromatic N) is 2. The normalized spacial score (nSPS) is 11.2. The van der Waals surface area contributed by atoms with Crippen LogP contribution in [-0.2, 0) is 6.42 Å². The van der Waals surface area contributed by atoms with Crippen molar-refractivity contribution in [2.24, 2.45) is 4.99 Å². The Balaban J connectivity index is 0.00000400. The molecule has 6 heteroatoms. The summed E-state index contributed by atoms with van der Waals surface area (Å²) in [4.78, 5) is 6.39. The van der Waals surface area contributed by atoms with E-state index in [1.54, 1.807) is 7.05 Å². The molecule has 0 saturated heterocycles. The SMILES string of the molecule is CN=C(NCCCN(C)C)NCCc1cccc(Cl)c1.I. The fourth-order valence-electron chi connectivity index (χ4n) is 1.84. The van der Waals surface area contributed by atoms with Crippen molar-refractivity contribution in [3.05, 3.63) is 34.9 Å². The molecule has 0 radical (unpaired) electrons. The second-order valence-electron chi connectivity index (χ2n) is 4.96. The summed E-state index contributed by atoms with van der Waals surface area (Å²) in [6.07, 6.45) is 2.03. The van der Waals surface area contributed by atoms with E-state index in [0.717, 1.165) is 43.5 Å². The van der Waals surface area contributed by atoms with Crippen LogP contribution in [0.1, 0.15) is 12.0 Å². The second-order valence-corrected chi connectivity index (χ2v) is 5.40. The fourth-order valence-corrected chi connectivity index (χ4v) is 2.05. The summed E-state index contributed by atoms with van der Waals surface area (Å²) in [6.45, 7) is 2.84. The van der Waals surface area contributed by atoms with Crippen molar-refractivity contribution in [2.75, 3.05) is 40.8 Å². The number of halogens is 2. The molecular weight excluding hydrogens is 399 g/mol. The first-order valence-electron chi connectivity index (χ1n) is 6.95. The first-order chi connectivity index (χ1) is 9.61. The Morgan fingerprint density at radius 3 is 2.57 bits per heavy atom. The van der Waals surface area contributed by atoms with E-state index >= 15 is 0 Å². The summed E-state index contributed by atoms with van der Waals surface area (Å²) in [6, 6.07) is 7.95. The lowest BCUT2D eigenvalue weighted by molar-refractivity contribution is 0.399. The van der Waals surface area contributed by atoms with Crippen LogP contribution in [0, 0.1) is 0 Å². The Kier molecular flexibility index (Phi) is 11.8. The minimum absolute atomic E-state index is 0. The lowest BCUT2D eigenvalue weighted by Gasteiger charge is -2.13. The molecule has 0 aliphatic rings. The van der Waals surface area contributed by atoms with Crippen molar-refractivity contribution >= 4 is 41.5 Å². The molecule has 0 bridgehead atoms. The minimum Gasteiger partial charge on any atom is -0.356 e. The summed E-state index contributed by atoms with van der Waals surface area (Å²) in [7, 11) is 5.96. The lowest BCUT2D eigenvalue weighted by atomic mass is 10.1. The third-order valence-corrected chi connectivity index (χ3v) is 3.13. The van der Waals surface area contributed by atoms with Gasteiger partial charge in [-0.25, -0.2) is 0 Å². The summed E-state index contributed by atoms with van der Waals surface area (Å²) in [5.74, 6) is 0.853. The van der Waals surface area contributed by atoms with Gasteiger partial charge < -0.3 is 15.5 Å². The maximum atomic E-state index is 5.96. The fraction of sp³-hybridized carbons (Fsp3) is 0.533. The zero-order chi connectivity index (χ0) is 14.8. The number of benzene rings is 1. The van der Waals surface area contributed by atoms with Gasteiger partial charge in [0.15, 0.2) is 5.96 Å². The van der Waals surface area contributed by atoms with Gasteiger partial charge in [-0.3, -0.25) is 4.99 Å². The van der Waals surface area contributed by atoms with Gasteiger partial charge in [0.25, 0.3) is 0 Å². The molecule has 0 aliphatic heterocycles. The largest absolute Gasteiger partial charge is 0.356 e. The van der Waals surface area contributed by atoms with Crippen molar-refractivity contribution in [1.82, 2.24) is 15.5 Å². The molecule has 0 fully saturated rings. The van der Waals surface area contributed by atoms with E-state index in [-0.39, 0.29) is 24.0 Å². The van der Waals surface area contributed by atoms with Gasteiger partial charge in [-0.05, 0) is 51.2 Å². The van der Waals surface area contributed by atoms with E-state index in [0.29, 0.717) is 0 Å². The molecule has 21 heavy (non-hydrogen) atoms. The van der Waals surface area contributed by atoms with Gasteiger partial charge in [-0.15, -0.1) is 24.0 Å². The minimum atomic E-state index is 0. The van der Waals surface area contributed by atoms with Crippen LogP contribution < -0.4 is 10.6 Å². The van der Waals surface area contributed by atoms with Crippen LogP contribution in [0.25, 0.3) is 0 Å². The van der Waals surface area contributed by atoms with E-state index in [1.807, 2.05) is 18.2 Å². The first-order valence-corrected chi connectivity index (χ1v) is 7.33. The highest BCUT2D eigenvalue weighted by Gasteiger charge is 1.98. The Labute approximate surface area is 150 Å². The van der Waals surface area contributed by atoms with Crippen molar-refractivity contribution in [3.8, 4) is 0 Å². The third-order valence-electron chi connectivity index (χ3n) is 2.89. The quantitative estimate of drug-likeness (QED) is 0.306. The molecule has 0 saturated carbocycles. The van der Waals surface area contributed by atoms with Crippen LogP contribution in [0.5, 0.6) is 0 Å². The topological polar surface area (TPSA) is 39.7 Å². The summed E-state index contributed by atoms with van der Waals surface area (Å²) in [5, 5.41) is 7.40. The van der Waals surface area contributed by atoms with Crippen LogP contribution in [0.3, 0.4) is 0 Å². The average Bonchev–Trinajstić information content (AvgIpc) is 2.41. The van der Waals surface area contributed by atoms with E-state index < -0.39 is 0 Å². The standard InChI is InChI=1S/C15H25ClN4.HI/c1-17-15(18-9-5-11-20(2)3)19-10-8-13-6-4-7-14(16)12-13;/h4,6-7,12H,5,8-11H2,1-3H3,(H2,17,18,19);1H. The highest BCUT2D eigenvalue weighted by atomic mass is 127. The predicted molar refractivity (Wildman–Crippen MR) is 103 cm³/mol. The zero-order valence-electron chi connectivity index (χ0n) is 13.0. The molecule has 0 atom stereocenters. The Bertz CT molecular complexity index is 424. The van der Waals surface area contributed by atoms with Gasteiger partial charge in [0, 0.05) is 25.2 Å². The van der Waals surface area contributed by atoms with Crippen molar-refractivity contribution in [1.29, 1.82) is 0 Å². The molecule has 0 unspecified atom stereocenters. The molecule has 0 aromatic heterocycles. The van der Waals surface area contributed by atoms with Crippen LogP contribution in [0.4, 0.5) is 0 Å². The highest BCUT2D eigenvalue weighted by molar-refractivity contribution is 14.0. The summed E-state index contributed by atoms with van der Waals surface area (Å²) >= 11 is 5.96. The maximum Gasteiger partial charge on any atom is 0.190 e. The first kappa shape index (κ1) is 20.5. The van der Waals surface area contributed by atoms with E-state index in [9.17, 15) is 0 Å². The molecule has 0 amide bonds. The van der Waals surface area contributed by atoms with E-state index in [4.69, 9.17) is 11.6 Å². The average molecular weight is 425 g/mol. The van der Waals surface area contributed by atoms with Crippen LogP contribution >= 0.6 is 35.6 Å². The summed E-state index contributed by atoms with van der Waals surface area (Å²) < 4.78 is 0. The Hall–Kier alpha value is -0.530. The molecule has 0 spiro atoms. The van der Waals surface area contributed by atoms with Crippen molar-refractivity contribution in [3.63, 3.8) is 0 Å². The van der Waals surface area contributed by atoms with Gasteiger partial charge in [-0.1, -0.05) is 23.7 Å².